The summed E-state index contributed by atoms with van der Waals surface area (Å²) in [5.74, 6) is 0.991. The molecule has 1 fully saturated rings. The zero-order valence-electron chi connectivity index (χ0n) is 11.1. The monoisotopic (exact) mass is 247 g/mol. The summed E-state index contributed by atoms with van der Waals surface area (Å²) in [5.41, 5.74) is 1.36. The number of amides is 1. The highest BCUT2D eigenvalue weighted by Gasteiger charge is 2.20. The molecule has 2 rings (SSSR count). The summed E-state index contributed by atoms with van der Waals surface area (Å²) in [7, 11) is 0. The van der Waals surface area contributed by atoms with E-state index in [2.05, 4.69) is 12.2 Å². The van der Waals surface area contributed by atoms with Crippen molar-refractivity contribution < 1.29 is 9.90 Å². The lowest BCUT2D eigenvalue weighted by Crippen LogP contribution is -2.37. The number of hydrogen-bond donors (Lipinski definition) is 2. The van der Waals surface area contributed by atoms with Gasteiger partial charge in [-0.2, -0.15) is 0 Å². The van der Waals surface area contributed by atoms with Gasteiger partial charge in [0.25, 0.3) is 5.91 Å². The lowest BCUT2D eigenvalue weighted by atomic mass is 9.87. The smallest absolute Gasteiger partial charge is 0.251 e. The Morgan fingerprint density at radius 1 is 1.28 bits per heavy atom. The van der Waals surface area contributed by atoms with E-state index >= 15 is 0 Å². The second-order valence-corrected chi connectivity index (χ2v) is 5.43. The van der Waals surface area contributed by atoms with Crippen LogP contribution >= 0.6 is 0 Å². The van der Waals surface area contributed by atoms with E-state index in [1.807, 2.05) is 0 Å². The molecule has 1 aliphatic carbocycles. The number of phenolic OH excluding ortho intramolecular Hbond substituents is 1. The molecule has 3 heteroatoms. The fraction of sp³-hybridized carbons (Fsp3) is 0.533. The van der Waals surface area contributed by atoms with Crippen LogP contribution in [0, 0.1) is 12.8 Å². The average molecular weight is 247 g/mol. The Kier molecular flexibility index (Phi) is 3.90. The van der Waals surface area contributed by atoms with Gasteiger partial charge in [0.2, 0.25) is 0 Å². The first-order valence-corrected chi connectivity index (χ1v) is 6.66. The summed E-state index contributed by atoms with van der Waals surface area (Å²) in [6.07, 6.45) is 4.53. The van der Waals surface area contributed by atoms with E-state index in [4.69, 9.17) is 0 Å². The van der Waals surface area contributed by atoms with Crippen molar-refractivity contribution in [2.24, 2.45) is 5.92 Å². The maximum Gasteiger partial charge on any atom is 0.251 e. The Morgan fingerprint density at radius 3 is 2.56 bits per heavy atom. The highest BCUT2D eigenvalue weighted by molar-refractivity contribution is 5.94. The molecule has 0 aliphatic heterocycles. The normalized spacial score (nSPS) is 23.7. The number of carbonyl (C=O) groups is 1. The van der Waals surface area contributed by atoms with Crippen LogP contribution in [0.1, 0.15) is 48.5 Å². The highest BCUT2D eigenvalue weighted by Crippen LogP contribution is 2.24. The minimum atomic E-state index is -0.0300. The Morgan fingerprint density at radius 2 is 1.94 bits per heavy atom. The quantitative estimate of drug-likeness (QED) is 0.844. The number of carbonyl (C=O) groups excluding carboxylic acids is 1. The van der Waals surface area contributed by atoms with Gasteiger partial charge in [-0.15, -0.1) is 0 Å². The number of phenols is 1. The molecule has 0 saturated heterocycles. The summed E-state index contributed by atoms with van der Waals surface area (Å²) >= 11 is 0. The van der Waals surface area contributed by atoms with Crippen molar-refractivity contribution in [3.63, 3.8) is 0 Å². The van der Waals surface area contributed by atoms with Gasteiger partial charge < -0.3 is 10.4 Å². The number of rotatable bonds is 2. The Bertz CT molecular complexity index is 434. The second-order valence-electron chi connectivity index (χ2n) is 5.43. The molecule has 98 valence electrons. The lowest BCUT2D eigenvalue weighted by molar-refractivity contribution is 0.0923. The van der Waals surface area contributed by atoms with Gasteiger partial charge in [-0.05, 0) is 62.3 Å². The molecule has 0 unspecified atom stereocenters. The van der Waals surface area contributed by atoms with Crippen molar-refractivity contribution >= 4 is 5.91 Å². The molecular formula is C15H21NO2. The number of hydrogen-bond acceptors (Lipinski definition) is 2. The molecule has 0 bridgehead atoms. The van der Waals surface area contributed by atoms with Crippen LogP contribution in [0.15, 0.2) is 18.2 Å². The Labute approximate surface area is 108 Å². The maximum atomic E-state index is 12.1. The number of aryl methyl sites for hydroxylation is 1. The first-order valence-electron chi connectivity index (χ1n) is 6.66. The molecule has 2 N–H and O–H groups in total. The molecule has 0 radical (unpaired) electrons. The SMILES string of the molecule is Cc1cc(C(=O)NC2CCC(C)CC2)ccc1O. The average Bonchev–Trinajstić information content (AvgIpc) is 2.35. The van der Waals surface area contributed by atoms with E-state index in [9.17, 15) is 9.90 Å². The molecule has 0 spiro atoms. The van der Waals surface area contributed by atoms with Gasteiger partial charge in [-0.3, -0.25) is 4.79 Å². The van der Waals surface area contributed by atoms with Gasteiger partial charge in [-0.25, -0.2) is 0 Å². The molecule has 0 aromatic heterocycles. The minimum Gasteiger partial charge on any atom is -0.508 e. The van der Waals surface area contributed by atoms with Crippen LogP contribution < -0.4 is 5.32 Å². The fourth-order valence-electron chi connectivity index (χ4n) is 2.47. The van der Waals surface area contributed by atoms with Crippen LogP contribution in [0.2, 0.25) is 0 Å². The van der Waals surface area contributed by atoms with Crippen molar-refractivity contribution in [1.29, 1.82) is 0 Å². The summed E-state index contributed by atoms with van der Waals surface area (Å²) in [6, 6.07) is 5.29. The van der Waals surface area contributed by atoms with Crippen molar-refractivity contribution in [2.75, 3.05) is 0 Å². The first-order chi connectivity index (χ1) is 8.56. The summed E-state index contributed by atoms with van der Waals surface area (Å²) in [6.45, 7) is 4.07. The van der Waals surface area contributed by atoms with Gasteiger partial charge in [-0.1, -0.05) is 6.92 Å². The zero-order chi connectivity index (χ0) is 13.1. The third-order valence-corrected chi connectivity index (χ3v) is 3.81. The molecule has 0 heterocycles. The summed E-state index contributed by atoms with van der Waals surface area (Å²) in [4.78, 5) is 12.1. The van der Waals surface area contributed by atoms with Gasteiger partial charge >= 0.3 is 0 Å². The van der Waals surface area contributed by atoms with Crippen LogP contribution in [0.25, 0.3) is 0 Å². The van der Waals surface area contributed by atoms with Crippen LogP contribution in [0.3, 0.4) is 0 Å². The van der Waals surface area contributed by atoms with E-state index in [1.165, 1.54) is 12.8 Å². The molecule has 18 heavy (non-hydrogen) atoms. The van der Waals surface area contributed by atoms with Gasteiger partial charge in [0.15, 0.2) is 0 Å². The van der Waals surface area contributed by atoms with Gasteiger partial charge in [0.1, 0.15) is 5.75 Å². The van der Waals surface area contributed by atoms with Crippen molar-refractivity contribution in [1.82, 2.24) is 5.32 Å². The second kappa shape index (κ2) is 5.42. The first kappa shape index (κ1) is 12.9. The van der Waals surface area contributed by atoms with Crippen molar-refractivity contribution in [2.45, 2.75) is 45.6 Å². The third kappa shape index (κ3) is 3.03. The van der Waals surface area contributed by atoms with E-state index < -0.39 is 0 Å². The molecule has 1 amide bonds. The van der Waals surface area contributed by atoms with Gasteiger partial charge in [0.05, 0.1) is 0 Å². The number of nitrogens with one attached hydrogen (secondary N) is 1. The van der Waals surface area contributed by atoms with Crippen LogP contribution in [0.5, 0.6) is 5.75 Å². The minimum absolute atomic E-state index is 0.0300. The van der Waals surface area contributed by atoms with E-state index in [-0.39, 0.29) is 11.7 Å². The maximum absolute atomic E-state index is 12.1. The Balaban J connectivity index is 1.97. The zero-order valence-corrected chi connectivity index (χ0v) is 11.1. The summed E-state index contributed by atoms with van der Waals surface area (Å²) in [5, 5.41) is 12.5. The Hall–Kier alpha value is -1.51. The summed E-state index contributed by atoms with van der Waals surface area (Å²) < 4.78 is 0. The molecule has 3 nitrogen and oxygen atoms in total. The van der Waals surface area contributed by atoms with E-state index in [1.54, 1.807) is 25.1 Å². The van der Waals surface area contributed by atoms with Crippen LogP contribution in [-0.4, -0.2) is 17.1 Å². The molecular weight excluding hydrogens is 226 g/mol. The molecule has 1 saturated carbocycles. The molecule has 0 atom stereocenters. The topological polar surface area (TPSA) is 49.3 Å². The predicted octanol–water partition coefficient (Wildman–Crippen LogP) is 3.01. The van der Waals surface area contributed by atoms with E-state index in [0.29, 0.717) is 11.6 Å². The highest BCUT2D eigenvalue weighted by atomic mass is 16.3. The molecule has 1 aromatic carbocycles. The van der Waals surface area contributed by atoms with Crippen LogP contribution in [0.4, 0.5) is 0 Å². The fourth-order valence-corrected chi connectivity index (χ4v) is 2.47. The standard InChI is InChI=1S/C15H21NO2/c1-10-3-6-13(7-4-10)16-15(18)12-5-8-14(17)11(2)9-12/h5,8-10,13,17H,3-4,6-7H2,1-2H3,(H,16,18). The number of aromatic hydroxyl groups is 1. The molecule has 1 aromatic rings. The van der Waals surface area contributed by atoms with E-state index in [0.717, 1.165) is 24.3 Å². The molecule has 1 aliphatic rings. The van der Waals surface area contributed by atoms with Crippen LogP contribution in [-0.2, 0) is 0 Å². The predicted molar refractivity (Wildman–Crippen MR) is 71.7 cm³/mol. The largest absolute Gasteiger partial charge is 0.508 e. The lowest BCUT2D eigenvalue weighted by Gasteiger charge is -2.26. The third-order valence-electron chi connectivity index (χ3n) is 3.81. The van der Waals surface area contributed by atoms with Gasteiger partial charge in [0, 0.05) is 11.6 Å². The van der Waals surface area contributed by atoms with Crippen molar-refractivity contribution in [3.05, 3.63) is 29.3 Å². The van der Waals surface area contributed by atoms with Crippen molar-refractivity contribution in [3.8, 4) is 5.75 Å². The number of benzene rings is 1.